The summed E-state index contributed by atoms with van der Waals surface area (Å²) in [4.78, 5) is 16.4. The Morgan fingerprint density at radius 3 is 2.68 bits per heavy atom. The third kappa shape index (κ3) is 5.34. The van der Waals surface area contributed by atoms with Gasteiger partial charge in [-0.3, -0.25) is 4.98 Å². The third-order valence-electron chi connectivity index (χ3n) is 6.25. The maximum absolute atomic E-state index is 13.7. The number of halogens is 2. The van der Waals surface area contributed by atoms with Gasteiger partial charge in [-0.05, 0) is 93.3 Å². The Labute approximate surface area is 204 Å². The maximum atomic E-state index is 13.7. The van der Waals surface area contributed by atoms with Gasteiger partial charge in [0.2, 0.25) is 0 Å². The van der Waals surface area contributed by atoms with Crippen molar-refractivity contribution in [2.45, 2.75) is 32.1 Å². The molecule has 34 heavy (non-hydrogen) atoms. The molecule has 2 aromatic heterocycles. The second-order valence-corrected chi connectivity index (χ2v) is 9.16. The highest BCUT2D eigenvalue weighted by molar-refractivity contribution is 6.31. The lowest BCUT2D eigenvalue weighted by atomic mass is 10.1. The zero-order valence-corrected chi connectivity index (χ0v) is 19.7. The summed E-state index contributed by atoms with van der Waals surface area (Å²) in [5.74, 6) is 0.783. The number of aryl methyl sites for hydroxylation is 1. The summed E-state index contributed by atoms with van der Waals surface area (Å²) < 4.78 is 13.7. The molecule has 0 bridgehead atoms. The van der Waals surface area contributed by atoms with Gasteiger partial charge in [0.15, 0.2) is 5.82 Å². The average molecular weight is 476 g/mol. The third-order valence-corrected chi connectivity index (χ3v) is 6.54. The minimum Gasteiger partial charge on any atom is -0.340 e. The molecule has 174 valence electrons. The number of likely N-dealkylation sites (tertiary alicyclic amines) is 1. The molecule has 1 aliphatic heterocycles. The normalized spacial score (nSPS) is 14.4. The fraction of sp³-hybridized carbons (Fsp3) is 0.296. The van der Waals surface area contributed by atoms with E-state index >= 15 is 0 Å². The molecule has 4 aromatic rings. The highest BCUT2D eigenvalue weighted by atomic mass is 35.5. The Bertz CT molecular complexity index is 1280. The average Bonchev–Trinajstić information content (AvgIpc) is 2.87. The molecule has 0 unspecified atom stereocenters. The molecule has 5 rings (SSSR count). The largest absolute Gasteiger partial charge is 0.340 e. The smallest absolute Gasteiger partial charge is 0.163 e. The predicted octanol–water partition coefficient (Wildman–Crippen LogP) is 6.65. The number of rotatable bonds is 7. The zero-order valence-electron chi connectivity index (χ0n) is 19.0. The molecule has 0 aliphatic carbocycles. The van der Waals surface area contributed by atoms with Crippen molar-refractivity contribution in [3.8, 4) is 11.4 Å². The molecule has 0 amide bonds. The number of anilines is 2. The fourth-order valence-electron chi connectivity index (χ4n) is 4.45. The highest BCUT2D eigenvalue weighted by Gasteiger charge is 2.13. The molecule has 2 aromatic carbocycles. The van der Waals surface area contributed by atoms with E-state index in [0.717, 1.165) is 35.9 Å². The van der Waals surface area contributed by atoms with Crippen LogP contribution < -0.4 is 5.32 Å². The van der Waals surface area contributed by atoms with Gasteiger partial charge < -0.3 is 10.2 Å². The van der Waals surface area contributed by atoms with E-state index in [-0.39, 0.29) is 5.02 Å². The van der Waals surface area contributed by atoms with Crippen molar-refractivity contribution < 1.29 is 4.39 Å². The van der Waals surface area contributed by atoms with Crippen LogP contribution in [-0.4, -0.2) is 39.5 Å². The van der Waals surface area contributed by atoms with Gasteiger partial charge in [-0.25, -0.2) is 14.4 Å². The van der Waals surface area contributed by atoms with Crippen LogP contribution in [0.4, 0.5) is 15.9 Å². The van der Waals surface area contributed by atoms with Crippen LogP contribution >= 0.6 is 11.6 Å². The lowest BCUT2D eigenvalue weighted by Crippen LogP contribution is -2.30. The molecule has 0 radical (unpaired) electrons. The minimum atomic E-state index is -0.452. The van der Waals surface area contributed by atoms with Crippen LogP contribution in [0.15, 0.2) is 60.9 Å². The number of nitrogens with one attached hydrogen (secondary N) is 1. The van der Waals surface area contributed by atoms with Crippen LogP contribution in [0, 0.1) is 5.82 Å². The topological polar surface area (TPSA) is 53.9 Å². The first-order chi connectivity index (χ1) is 16.7. The summed E-state index contributed by atoms with van der Waals surface area (Å²) in [7, 11) is 0. The number of aromatic nitrogens is 3. The van der Waals surface area contributed by atoms with E-state index in [2.05, 4.69) is 33.4 Å². The fourth-order valence-corrected chi connectivity index (χ4v) is 4.63. The lowest BCUT2D eigenvalue weighted by Gasteiger charge is -2.26. The molecule has 3 heterocycles. The molecule has 1 aliphatic rings. The molecule has 1 saturated heterocycles. The van der Waals surface area contributed by atoms with Gasteiger partial charge >= 0.3 is 0 Å². The number of piperidine rings is 1. The quantitative estimate of drug-likeness (QED) is 0.324. The van der Waals surface area contributed by atoms with Crippen LogP contribution in [-0.2, 0) is 6.42 Å². The first-order valence-electron chi connectivity index (χ1n) is 11.8. The van der Waals surface area contributed by atoms with Crippen LogP contribution in [0.2, 0.25) is 5.02 Å². The Morgan fingerprint density at radius 1 is 1.00 bits per heavy atom. The first kappa shape index (κ1) is 22.7. The summed E-state index contributed by atoms with van der Waals surface area (Å²) in [5.41, 5.74) is 3.58. The molecular formula is C27H27ClFN5. The van der Waals surface area contributed by atoms with Crippen LogP contribution in [0.1, 0.15) is 31.2 Å². The summed E-state index contributed by atoms with van der Waals surface area (Å²) in [6.07, 6.45) is 9.57. The van der Waals surface area contributed by atoms with Crippen molar-refractivity contribution in [2.24, 2.45) is 0 Å². The van der Waals surface area contributed by atoms with Crippen molar-refractivity contribution in [3.05, 3.63) is 77.3 Å². The summed E-state index contributed by atoms with van der Waals surface area (Å²) in [5, 5.41) is 4.31. The minimum absolute atomic E-state index is 0.0641. The predicted molar refractivity (Wildman–Crippen MR) is 136 cm³/mol. The molecule has 0 spiro atoms. The summed E-state index contributed by atoms with van der Waals surface area (Å²) in [6.45, 7) is 3.57. The van der Waals surface area contributed by atoms with Gasteiger partial charge in [-0.1, -0.05) is 24.1 Å². The standard InChI is InChI=1S/C27H27ClFN5/c28-23-17-21(9-10-24(23)29)31-27-22-16-19(6-5-15-34-13-2-1-3-14-34)8-11-25(22)32-26(33-27)20-7-4-12-30-18-20/h4,7-12,16-18H,1-3,5-6,13-15H2,(H,31,32,33). The highest BCUT2D eigenvalue weighted by Crippen LogP contribution is 2.30. The van der Waals surface area contributed by atoms with Gasteiger partial charge in [0.05, 0.1) is 10.5 Å². The van der Waals surface area contributed by atoms with Crippen molar-refractivity contribution in [2.75, 3.05) is 25.0 Å². The van der Waals surface area contributed by atoms with E-state index in [1.807, 2.05) is 12.1 Å². The van der Waals surface area contributed by atoms with E-state index < -0.39 is 5.82 Å². The van der Waals surface area contributed by atoms with Gasteiger partial charge in [0, 0.05) is 29.0 Å². The van der Waals surface area contributed by atoms with Gasteiger partial charge in [-0.15, -0.1) is 0 Å². The maximum Gasteiger partial charge on any atom is 0.163 e. The van der Waals surface area contributed by atoms with Crippen molar-refractivity contribution in [1.29, 1.82) is 0 Å². The first-order valence-corrected chi connectivity index (χ1v) is 12.2. The number of hydrogen-bond donors (Lipinski definition) is 1. The molecule has 1 fully saturated rings. The summed E-state index contributed by atoms with van der Waals surface area (Å²) >= 11 is 6.01. The van der Waals surface area contributed by atoms with E-state index in [1.54, 1.807) is 24.5 Å². The SMILES string of the molecule is Fc1ccc(Nc2nc(-c3cccnc3)nc3ccc(CCCN4CCCCC4)cc23)cc1Cl. The molecule has 1 N–H and O–H groups in total. The Morgan fingerprint density at radius 2 is 1.88 bits per heavy atom. The van der Waals surface area contributed by atoms with Crippen LogP contribution in [0.3, 0.4) is 0 Å². The second kappa shape index (κ2) is 10.5. The van der Waals surface area contributed by atoms with E-state index in [4.69, 9.17) is 21.6 Å². The van der Waals surface area contributed by atoms with Crippen molar-refractivity contribution >= 4 is 34.0 Å². The molecular weight excluding hydrogens is 449 g/mol. The van der Waals surface area contributed by atoms with Crippen molar-refractivity contribution in [1.82, 2.24) is 19.9 Å². The lowest BCUT2D eigenvalue weighted by molar-refractivity contribution is 0.226. The Balaban J connectivity index is 1.45. The van der Waals surface area contributed by atoms with E-state index in [1.165, 1.54) is 44.0 Å². The number of pyridine rings is 1. The Kier molecular flexibility index (Phi) is 6.97. The van der Waals surface area contributed by atoms with Gasteiger partial charge in [0.25, 0.3) is 0 Å². The number of hydrogen-bond acceptors (Lipinski definition) is 5. The zero-order chi connectivity index (χ0) is 23.3. The van der Waals surface area contributed by atoms with Crippen LogP contribution in [0.25, 0.3) is 22.3 Å². The Hall–Kier alpha value is -3.09. The molecule has 0 atom stereocenters. The van der Waals surface area contributed by atoms with Gasteiger partial charge in [0.1, 0.15) is 11.6 Å². The molecule has 5 nitrogen and oxygen atoms in total. The van der Waals surface area contributed by atoms with Crippen LogP contribution in [0.5, 0.6) is 0 Å². The van der Waals surface area contributed by atoms with E-state index in [0.29, 0.717) is 17.3 Å². The molecule has 7 heteroatoms. The summed E-state index contributed by atoms with van der Waals surface area (Å²) in [6, 6.07) is 14.7. The number of benzene rings is 2. The van der Waals surface area contributed by atoms with E-state index in [9.17, 15) is 4.39 Å². The van der Waals surface area contributed by atoms with Crippen molar-refractivity contribution in [3.63, 3.8) is 0 Å². The second-order valence-electron chi connectivity index (χ2n) is 8.75. The number of nitrogens with zero attached hydrogens (tertiary/aromatic N) is 4. The monoisotopic (exact) mass is 475 g/mol. The number of fused-ring (bicyclic) bond motifs is 1. The van der Waals surface area contributed by atoms with Gasteiger partial charge in [-0.2, -0.15) is 0 Å². The molecule has 0 saturated carbocycles.